The van der Waals surface area contributed by atoms with Crippen LogP contribution in [0.25, 0.3) is 0 Å². The van der Waals surface area contributed by atoms with Crippen LogP contribution in [0.1, 0.15) is 48.5 Å². The van der Waals surface area contributed by atoms with E-state index in [1.165, 1.54) is 19.3 Å². The predicted molar refractivity (Wildman–Crippen MR) is 92.6 cm³/mol. The highest BCUT2D eigenvalue weighted by Gasteiger charge is 2.21. The monoisotopic (exact) mass is 333 g/mol. The Balaban J connectivity index is 1.69. The second-order valence-electron chi connectivity index (χ2n) is 6.34. The number of carbonyl (C=O) groups is 2. The minimum Gasteiger partial charge on any atom is -0.376 e. The Labute approximate surface area is 143 Å². The van der Waals surface area contributed by atoms with E-state index in [9.17, 15) is 9.59 Å². The number of urea groups is 1. The van der Waals surface area contributed by atoms with E-state index in [-0.39, 0.29) is 5.91 Å². The first-order chi connectivity index (χ1) is 11.6. The van der Waals surface area contributed by atoms with Gasteiger partial charge in [-0.1, -0.05) is 31.9 Å². The van der Waals surface area contributed by atoms with Crippen molar-refractivity contribution in [3.05, 3.63) is 35.4 Å². The van der Waals surface area contributed by atoms with Gasteiger partial charge in [0.25, 0.3) is 5.91 Å². The molecule has 2 unspecified atom stereocenters. The van der Waals surface area contributed by atoms with Crippen molar-refractivity contribution < 1.29 is 14.3 Å². The Morgan fingerprint density at radius 2 is 1.88 bits per heavy atom. The van der Waals surface area contributed by atoms with E-state index in [0.29, 0.717) is 37.3 Å². The normalized spacial score (nSPS) is 20.4. The van der Waals surface area contributed by atoms with Gasteiger partial charge in [0.05, 0.1) is 12.7 Å². The summed E-state index contributed by atoms with van der Waals surface area (Å²) in [5.41, 5.74) is 6.50. The molecule has 0 radical (unpaired) electrons. The van der Waals surface area contributed by atoms with Crippen LogP contribution in [0.3, 0.4) is 0 Å². The molecule has 1 aromatic rings. The number of hydrogen-bond acceptors (Lipinski definition) is 3. The number of carbonyl (C=O) groups excluding carboxylic acids is 2. The van der Waals surface area contributed by atoms with Gasteiger partial charge in [-0.15, -0.1) is 0 Å². The molecule has 0 heterocycles. The van der Waals surface area contributed by atoms with Crippen molar-refractivity contribution in [1.82, 2.24) is 10.6 Å². The Hall–Kier alpha value is -2.08. The lowest BCUT2D eigenvalue weighted by Gasteiger charge is -2.28. The van der Waals surface area contributed by atoms with Gasteiger partial charge in [0, 0.05) is 18.7 Å². The third kappa shape index (κ3) is 5.85. The molecule has 1 saturated carbocycles. The number of ether oxygens (including phenoxy) is 1. The molecule has 0 saturated heterocycles. The quantitative estimate of drug-likeness (QED) is 0.668. The minimum absolute atomic E-state index is 0.121. The SMILES string of the molecule is CC1CCCCC1OCCNC(=O)c1ccc(CNC(N)=O)cc1. The molecule has 2 atom stereocenters. The van der Waals surface area contributed by atoms with Crippen LogP contribution in [0.4, 0.5) is 4.79 Å². The summed E-state index contributed by atoms with van der Waals surface area (Å²) in [6, 6.07) is 6.49. The molecule has 6 heteroatoms. The minimum atomic E-state index is -0.566. The average molecular weight is 333 g/mol. The molecule has 2 rings (SSSR count). The fourth-order valence-corrected chi connectivity index (χ4v) is 2.97. The highest BCUT2D eigenvalue weighted by Crippen LogP contribution is 2.25. The smallest absolute Gasteiger partial charge is 0.312 e. The summed E-state index contributed by atoms with van der Waals surface area (Å²) >= 11 is 0. The standard InChI is InChI=1S/C18H27N3O3/c1-13-4-2-3-5-16(13)24-11-10-20-17(22)15-8-6-14(7-9-15)12-21-18(19)23/h6-9,13,16H,2-5,10-12H2,1H3,(H,20,22)(H3,19,21,23). The Bertz CT molecular complexity index is 545. The van der Waals surface area contributed by atoms with Gasteiger partial charge < -0.3 is 21.1 Å². The maximum absolute atomic E-state index is 12.1. The lowest BCUT2D eigenvalue weighted by Crippen LogP contribution is -2.31. The van der Waals surface area contributed by atoms with Crippen LogP contribution in [-0.4, -0.2) is 31.2 Å². The summed E-state index contributed by atoms with van der Waals surface area (Å²) in [6.07, 6.45) is 5.21. The van der Waals surface area contributed by atoms with Gasteiger partial charge in [0.1, 0.15) is 0 Å². The second kappa shape index (κ2) is 9.27. The Morgan fingerprint density at radius 1 is 1.17 bits per heavy atom. The second-order valence-corrected chi connectivity index (χ2v) is 6.34. The van der Waals surface area contributed by atoms with Crippen LogP contribution < -0.4 is 16.4 Å². The molecule has 132 valence electrons. The molecule has 0 bridgehead atoms. The zero-order chi connectivity index (χ0) is 17.4. The highest BCUT2D eigenvalue weighted by atomic mass is 16.5. The number of rotatable bonds is 7. The lowest BCUT2D eigenvalue weighted by atomic mass is 9.88. The number of amides is 3. The summed E-state index contributed by atoms with van der Waals surface area (Å²) in [6.45, 7) is 3.64. The van der Waals surface area contributed by atoms with Crippen molar-refractivity contribution in [2.75, 3.05) is 13.2 Å². The Kier molecular flexibility index (Phi) is 7.06. The number of benzene rings is 1. The van der Waals surface area contributed by atoms with Crippen LogP contribution in [0.5, 0.6) is 0 Å². The molecular formula is C18H27N3O3. The van der Waals surface area contributed by atoms with E-state index >= 15 is 0 Å². The number of nitrogens with one attached hydrogen (secondary N) is 2. The van der Waals surface area contributed by atoms with Crippen molar-refractivity contribution in [1.29, 1.82) is 0 Å². The van der Waals surface area contributed by atoms with Gasteiger partial charge in [-0.25, -0.2) is 4.79 Å². The van der Waals surface area contributed by atoms with Crippen molar-refractivity contribution in [2.45, 2.75) is 45.3 Å². The third-order valence-electron chi connectivity index (χ3n) is 4.44. The zero-order valence-corrected chi connectivity index (χ0v) is 14.2. The van der Waals surface area contributed by atoms with Crippen LogP contribution in [0, 0.1) is 5.92 Å². The van der Waals surface area contributed by atoms with Gasteiger partial charge in [0.2, 0.25) is 0 Å². The van der Waals surface area contributed by atoms with E-state index in [0.717, 1.165) is 12.0 Å². The van der Waals surface area contributed by atoms with Crippen molar-refractivity contribution >= 4 is 11.9 Å². The Morgan fingerprint density at radius 3 is 2.54 bits per heavy atom. The van der Waals surface area contributed by atoms with Crippen LogP contribution in [-0.2, 0) is 11.3 Å². The molecule has 4 N–H and O–H groups in total. The number of hydrogen-bond donors (Lipinski definition) is 3. The van der Waals surface area contributed by atoms with E-state index in [1.54, 1.807) is 24.3 Å². The largest absolute Gasteiger partial charge is 0.376 e. The molecule has 0 aromatic heterocycles. The fourth-order valence-electron chi connectivity index (χ4n) is 2.97. The van der Waals surface area contributed by atoms with E-state index in [4.69, 9.17) is 10.5 Å². The third-order valence-corrected chi connectivity index (χ3v) is 4.44. The molecule has 3 amide bonds. The molecule has 0 spiro atoms. The first-order valence-corrected chi connectivity index (χ1v) is 8.58. The first kappa shape index (κ1) is 18.3. The van der Waals surface area contributed by atoms with Gasteiger partial charge in [-0.3, -0.25) is 4.79 Å². The molecule has 0 aliphatic heterocycles. The average Bonchev–Trinajstić information content (AvgIpc) is 2.58. The summed E-state index contributed by atoms with van der Waals surface area (Å²) < 4.78 is 5.89. The molecule has 1 fully saturated rings. The zero-order valence-electron chi connectivity index (χ0n) is 14.2. The van der Waals surface area contributed by atoms with Crippen molar-refractivity contribution in [2.24, 2.45) is 11.7 Å². The lowest BCUT2D eigenvalue weighted by molar-refractivity contribution is -0.00293. The van der Waals surface area contributed by atoms with E-state index in [2.05, 4.69) is 17.6 Å². The summed E-state index contributed by atoms with van der Waals surface area (Å²) in [5.74, 6) is 0.487. The first-order valence-electron chi connectivity index (χ1n) is 8.58. The summed E-state index contributed by atoms with van der Waals surface area (Å²) in [4.78, 5) is 22.7. The maximum Gasteiger partial charge on any atom is 0.312 e. The van der Waals surface area contributed by atoms with E-state index in [1.807, 2.05) is 0 Å². The molecule has 1 aromatic carbocycles. The molecule has 24 heavy (non-hydrogen) atoms. The van der Waals surface area contributed by atoms with Crippen LogP contribution in [0.2, 0.25) is 0 Å². The maximum atomic E-state index is 12.1. The van der Waals surface area contributed by atoms with Crippen LogP contribution in [0.15, 0.2) is 24.3 Å². The summed E-state index contributed by atoms with van der Waals surface area (Å²) in [7, 11) is 0. The molecular weight excluding hydrogens is 306 g/mol. The molecule has 1 aliphatic carbocycles. The highest BCUT2D eigenvalue weighted by molar-refractivity contribution is 5.94. The topological polar surface area (TPSA) is 93.4 Å². The van der Waals surface area contributed by atoms with Gasteiger partial charge in [-0.2, -0.15) is 0 Å². The number of primary amides is 1. The molecule has 1 aliphatic rings. The van der Waals surface area contributed by atoms with Crippen molar-refractivity contribution in [3.63, 3.8) is 0 Å². The van der Waals surface area contributed by atoms with Gasteiger partial charge in [-0.05, 0) is 36.5 Å². The van der Waals surface area contributed by atoms with Gasteiger partial charge >= 0.3 is 6.03 Å². The summed E-state index contributed by atoms with van der Waals surface area (Å²) in [5, 5.41) is 5.38. The molecule has 6 nitrogen and oxygen atoms in total. The van der Waals surface area contributed by atoms with Crippen molar-refractivity contribution in [3.8, 4) is 0 Å². The van der Waals surface area contributed by atoms with Crippen LogP contribution >= 0.6 is 0 Å². The predicted octanol–water partition coefficient (Wildman–Crippen LogP) is 2.18. The number of nitrogens with two attached hydrogens (primary N) is 1. The van der Waals surface area contributed by atoms with E-state index < -0.39 is 6.03 Å². The van der Waals surface area contributed by atoms with Gasteiger partial charge in [0.15, 0.2) is 0 Å². The fraction of sp³-hybridized carbons (Fsp3) is 0.556.